The van der Waals surface area contributed by atoms with Crippen molar-refractivity contribution < 1.29 is 27.7 Å². The van der Waals surface area contributed by atoms with Crippen molar-refractivity contribution in [2.45, 2.75) is 25.6 Å². The highest BCUT2D eigenvalue weighted by Gasteiger charge is 2.40. The zero-order chi connectivity index (χ0) is 18.1. The van der Waals surface area contributed by atoms with E-state index in [1.165, 1.54) is 12.1 Å². The van der Waals surface area contributed by atoms with Crippen molar-refractivity contribution in [2.75, 3.05) is 13.1 Å². The molecule has 1 saturated heterocycles. The summed E-state index contributed by atoms with van der Waals surface area (Å²) >= 11 is 0. The Balaban J connectivity index is 2.09. The number of nitrogens with one attached hydrogen (secondary N) is 1. The first kappa shape index (κ1) is 17.7. The number of halogens is 3. The van der Waals surface area contributed by atoms with Gasteiger partial charge in [0.1, 0.15) is 12.6 Å². The third-order valence-electron chi connectivity index (χ3n) is 3.65. The summed E-state index contributed by atoms with van der Waals surface area (Å²) in [5.74, 6) is -1.55. The highest BCUT2D eigenvalue weighted by Crippen LogP contribution is 2.22. The van der Waals surface area contributed by atoms with Crippen LogP contribution in [0.15, 0.2) is 18.2 Å². The molecule has 7 nitrogen and oxygen atoms in total. The Morgan fingerprint density at radius 1 is 1.46 bits per heavy atom. The van der Waals surface area contributed by atoms with E-state index in [1.54, 1.807) is 6.92 Å². The predicted molar refractivity (Wildman–Crippen MR) is 76.3 cm³/mol. The lowest BCUT2D eigenvalue weighted by Gasteiger charge is -2.18. The number of nitro groups is 1. The van der Waals surface area contributed by atoms with Gasteiger partial charge in [0.05, 0.1) is 4.92 Å². The zero-order valence-corrected chi connectivity index (χ0v) is 12.6. The lowest BCUT2D eigenvalue weighted by molar-refractivity contribution is -0.384. The first-order valence-corrected chi connectivity index (χ1v) is 7.00. The van der Waals surface area contributed by atoms with Crippen LogP contribution in [-0.2, 0) is 4.79 Å². The number of alkyl halides is 3. The summed E-state index contributed by atoms with van der Waals surface area (Å²) in [6.07, 6.45) is -4.46. The van der Waals surface area contributed by atoms with Crippen molar-refractivity contribution in [3.63, 3.8) is 0 Å². The van der Waals surface area contributed by atoms with Crippen LogP contribution in [0.1, 0.15) is 22.3 Å². The van der Waals surface area contributed by atoms with Gasteiger partial charge in [0, 0.05) is 24.2 Å². The number of hydrogen-bond donors (Lipinski definition) is 1. The number of likely N-dealkylation sites (tertiary alicyclic amines) is 1. The number of benzene rings is 1. The minimum Gasteiger partial charge on any atom is -0.340 e. The van der Waals surface area contributed by atoms with Gasteiger partial charge in [-0.25, -0.2) is 0 Å². The Morgan fingerprint density at radius 3 is 2.71 bits per heavy atom. The summed E-state index contributed by atoms with van der Waals surface area (Å²) in [6, 6.07) is 2.62. The maximum absolute atomic E-state index is 12.4. The van der Waals surface area contributed by atoms with Crippen molar-refractivity contribution in [1.82, 2.24) is 10.2 Å². The minimum atomic E-state index is -4.51. The SMILES string of the molecule is Cc1ccc([N+](=O)[O-])cc1C(=O)N[C@@H]1CCN(CC(F)(F)F)C1=O. The van der Waals surface area contributed by atoms with E-state index in [1.807, 2.05) is 0 Å². The molecule has 0 bridgehead atoms. The number of nitro benzene ring substituents is 1. The fourth-order valence-electron chi connectivity index (χ4n) is 2.45. The summed E-state index contributed by atoms with van der Waals surface area (Å²) in [7, 11) is 0. The number of nitrogens with zero attached hydrogens (tertiary/aromatic N) is 2. The molecule has 10 heteroatoms. The van der Waals surface area contributed by atoms with E-state index >= 15 is 0 Å². The first-order valence-electron chi connectivity index (χ1n) is 7.00. The fourth-order valence-corrected chi connectivity index (χ4v) is 2.45. The molecule has 0 spiro atoms. The standard InChI is InChI=1S/C14H14F3N3O4/c1-8-2-3-9(20(23)24)6-10(8)12(21)18-11-4-5-19(13(11)22)7-14(15,16)17/h2-3,6,11H,4-5,7H2,1H3,(H,18,21)/t11-/m1/s1. The monoisotopic (exact) mass is 345 g/mol. The molecule has 1 aromatic rings. The molecule has 0 aromatic heterocycles. The molecule has 0 saturated carbocycles. The summed E-state index contributed by atoms with van der Waals surface area (Å²) < 4.78 is 37.1. The molecular formula is C14H14F3N3O4. The second-order valence-corrected chi connectivity index (χ2v) is 5.45. The molecule has 0 aliphatic carbocycles. The summed E-state index contributed by atoms with van der Waals surface area (Å²) in [5.41, 5.74) is 0.171. The average Bonchev–Trinajstić information content (AvgIpc) is 2.78. The average molecular weight is 345 g/mol. The highest BCUT2D eigenvalue weighted by atomic mass is 19.4. The second-order valence-electron chi connectivity index (χ2n) is 5.45. The van der Waals surface area contributed by atoms with Gasteiger partial charge in [-0.3, -0.25) is 19.7 Å². The van der Waals surface area contributed by atoms with Gasteiger partial charge in [0.25, 0.3) is 11.6 Å². The van der Waals surface area contributed by atoms with E-state index in [4.69, 9.17) is 0 Å². The Hall–Kier alpha value is -2.65. The number of hydrogen-bond acceptors (Lipinski definition) is 4. The van der Waals surface area contributed by atoms with E-state index in [9.17, 15) is 32.9 Å². The molecular weight excluding hydrogens is 331 g/mol. The topological polar surface area (TPSA) is 92.5 Å². The van der Waals surface area contributed by atoms with Crippen molar-refractivity contribution in [3.05, 3.63) is 39.4 Å². The highest BCUT2D eigenvalue weighted by molar-refractivity contribution is 5.99. The molecule has 1 aromatic carbocycles. The van der Waals surface area contributed by atoms with Crippen LogP contribution in [0.2, 0.25) is 0 Å². The summed E-state index contributed by atoms with van der Waals surface area (Å²) in [6.45, 7) is 0.0797. The van der Waals surface area contributed by atoms with Crippen LogP contribution in [0.4, 0.5) is 18.9 Å². The lowest BCUT2D eigenvalue weighted by Crippen LogP contribution is -2.43. The van der Waals surface area contributed by atoms with Gasteiger partial charge in [-0.15, -0.1) is 0 Å². The van der Waals surface area contributed by atoms with E-state index in [0.29, 0.717) is 10.5 Å². The Morgan fingerprint density at radius 2 is 2.12 bits per heavy atom. The molecule has 1 atom stereocenters. The molecule has 0 radical (unpaired) electrons. The smallest absolute Gasteiger partial charge is 0.340 e. The van der Waals surface area contributed by atoms with Crippen molar-refractivity contribution in [3.8, 4) is 0 Å². The lowest BCUT2D eigenvalue weighted by atomic mass is 10.1. The van der Waals surface area contributed by atoms with Gasteiger partial charge < -0.3 is 10.2 Å². The number of carbonyl (C=O) groups excluding carboxylic acids is 2. The zero-order valence-electron chi connectivity index (χ0n) is 12.6. The van der Waals surface area contributed by atoms with Gasteiger partial charge in [-0.2, -0.15) is 13.2 Å². The molecule has 0 unspecified atom stereocenters. The number of non-ortho nitro benzene ring substituents is 1. The summed E-state index contributed by atoms with van der Waals surface area (Å²) in [5, 5.41) is 13.1. The molecule has 24 heavy (non-hydrogen) atoms. The number of amides is 2. The van der Waals surface area contributed by atoms with Gasteiger partial charge in [0.15, 0.2) is 0 Å². The third-order valence-corrected chi connectivity index (χ3v) is 3.65. The number of aryl methyl sites for hydroxylation is 1. The molecule has 1 aliphatic rings. The molecule has 130 valence electrons. The van der Waals surface area contributed by atoms with Gasteiger partial charge >= 0.3 is 6.18 Å². The van der Waals surface area contributed by atoms with Crippen molar-refractivity contribution in [2.24, 2.45) is 0 Å². The van der Waals surface area contributed by atoms with Crippen molar-refractivity contribution in [1.29, 1.82) is 0 Å². The van der Waals surface area contributed by atoms with Crippen LogP contribution < -0.4 is 5.32 Å². The van der Waals surface area contributed by atoms with Crippen LogP contribution in [0.3, 0.4) is 0 Å². The predicted octanol–water partition coefficient (Wildman–Crippen LogP) is 1.80. The Labute approximate surface area is 134 Å². The quantitative estimate of drug-likeness (QED) is 0.665. The largest absolute Gasteiger partial charge is 0.406 e. The van der Waals surface area contributed by atoms with Crippen LogP contribution in [0, 0.1) is 17.0 Å². The normalized spacial score (nSPS) is 17.9. The third kappa shape index (κ3) is 4.00. The number of rotatable bonds is 4. The van der Waals surface area contributed by atoms with Crippen LogP contribution in [-0.4, -0.2) is 46.9 Å². The second kappa shape index (κ2) is 6.46. The first-order chi connectivity index (χ1) is 11.1. The van der Waals surface area contributed by atoms with Crippen LogP contribution >= 0.6 is 0 Å². The van der Waals surface area contributed by atoms with E-state index < -0.39 is 35.5 Å². The minimum absolute atomic E-state index is 0.00581. The molecule has 1 aliphatic heterocycles. The van der Waals surface area contributed by atoms with Crippen molar-refractivity contribution >= 4 is 17.5 Å². The molecule has 1 heterocycles. The molecule has 1 fully saturated rings. The van der Waals surface area contributed by atoms with Crippen LogP contribution in [0.5, 0.6) is 0 Å². The molecule has 2 amide bonds. The Bertz CT molecular complexity index is 690. The maximum atomic E-state index is 12.4. The van der Waals surface area contributed by atoms with Gasteiger partial charge in [-0.1, -0.05) is 6.07 Å². The molecule has 2 rings (SSSR count). The Kier molecular flexibility index (Phi) is 4.76. The van der Waals surface area contributed by atoms with E-state index in [2.05, 4.69) is 5.32 Å². The van der Waals surface area contributed by atoms with E-state index in [-0.39, 0.29) is 24.2 Å². The van der Waals surface area contributed by atoms with Gasteiger partial charge in [-0.05, 0) is 18.9 Å². The maximum Gasteiger partial charge on any atom is 0.406 e. The van der Waals surface area contributed by atoms with E-state index in [0.717, 1.165) is 6.07 Å². The molecule has 1 N–H and O–H groups in total. The van der Waals surface area contributed by atoms with Crippen LogP contribution in [0.25, 0.3) is 0 Å². The van der Waals surface area contributed by atoms with Gasteiger partial charge in [0.2, 0.25) is 5.91 Å². The number of carbonyl (C=O) groups is 2. The summed E-state index contributed by atoms with van der Waals surface area (Å²) in [4.78, 5) is 34.9. The fraction of sp³-hybridized carbons (Fsp3) is 0.429.